The number of aromatic nitrogens is 1. The molecule has 0 N–H and O–H groups in total. The highest BCUT2D eigenvalue weighted by atomic mass is 32.2. The molecule has 2 rings (SSSR count). The smallest absolute Gasteiger partial charge is 0.144 e. The highest BCUT2D eigenvalue weighted by Crippen LogP contribution is 2.19. The van der Waals surface area contributed by atoms with Crippen LogP contribution in [0.25, 0.3) is 10.9 Å². The van der Waals surface area contributed by atoms with E-state index in [4.69, 9.17) is 0 Å². The van der Waals surface area contributed by atoms with Crippen molar-refractivity contribution in [3.63, 3.8) is 0 Å². The second-order valence-corrected chi connectivity index (χ2v) is 7.24. The van der Waals surface area contributed by atoms with E-state index in [0.29, 0.717) is 0 Å². The lowest BCUT2D eigenvalue weighted by molar-refractivity contribution is 0.651. The molecular weight excluding hydrogens is 244 g/mol. The molecule has 0 aliphatic carbocycles. The minimum absolute atomic E-state index is 0.318. The summed E-state index contributed by atoms with van der Waals surface area (Å²) >= 11 is 0. The van der Waals surface area contributed by atoms with Gasteiger partial charge in [0.05, 0.1) is 4.75 Å². The third-order valence-electron chi connectivity index (χ3n) is 2.77. The number of aryl methyl sites for hydroxylation is 1. The number of hydrogen-bond acceptors (Lipinski definition) is 1. The number of nitrogens with zero attached hydrogens (tertiary/aromatic N) is 2. The molecule has 0 unspecified atom stereocenters. The second-order valence-electron chi connectivity index (χ2n) is 5.30. The van der Waals surface area contributed by atoms with E-state index in [2.05, 4.69) is 21.1 Å². The molecular formula is C14H18N2OS. The van der Waals surface area contributed by atoms with Crippen molar-refractivity contribution in [3.8, 4) is 0 Å². The van der Waals surface area contributed by atoms with Crippen molar-refractivity contribution in [2.45, 2.75) is 25.5 Å². The Bertz CT molecular complexity index is 620. The van der Waals surface area contributed by atoms with Crippen molar-refractivity contribution in [1.82, 2.24) is 4.57 Å². The summed E-state index contributed by atoms with van der Waals surface area (Å²) in [7, 11) is 0.799. The van der Waals surface area contributed by atoms with Gasteiger partial charge in [0, 0.05) is 35.9 Å². The molecule has 0 aliphatic rings. The number of hydrogen-bond donors (Lipinski definition) is 0. The normalized spacial score (nSPS) is 14.4. The Morgan fingerprint density at radius 1 is 1.28 bits per heavy atom. The van der Waals surface area contributed by atoms with Crippen LogP contribution < -0.4 is 0 Å². The highest BCUT2D eigenvalue weighted by molar-refractivity contribution is 7.85. The minimum Gasteiger partial charge on any atom is -0.351 e. The largest absolute Gasteiger partial charge is 0.351 e. The molecule has 0 saturated heterocycles. The van der Waals surface area contributed by atoms with Crippen molar-refractivity contribution in [2.75, 3.05) is 0 Å². The lowest BCUT2D eigenvalue weighted by atomic mass is 10.1. The zero-order valence-corrected chi connectivity index (χ0v) is 12.0. The van der Waals surface area contributed by atoms with E-state index in [1.54, 1.807) is 6.21 Å². The average molecular weight is 262 g/mol. The Hall–Kier alpha value is -1.42. The van der Waals surface area contributed by atoms with E-state index >= 15 is 0 Å². The highest BCUT2D eigenvalue weighted by Gasteiger charge is 2.18. The van der Waals surface area contributed by atoms with Crippen LogP contribution in [0.1, 0.15) is 26.3 Å². The van der Waals surface area contributed by atoms with E-state index < -0.39 is 11.0 Å². The van der Waals surface area contributed by atoms with Crippen molar-refractivity contribution in [2.24, 2.45) is 11.4 Å². The SMILES string of the molecule is Cn1ccc2c(/C=N/[S@](=O)C(C)(C)C)cccc21. The second kappa shape index (κ2) is 4.69. The van der Waals surface area contributed by atoms with Crippen molar-refractivity contribution >= 4 is 28.1 Å². The van der Waals surface area contributed by atoms with Gasteiger partial charge in [0.25, 0.3) is 0 Å². The van der Waals surface area contributed by atoms with Crippen LogP contribution in [0.5, 0.6) is 0 Å². The molecule has 1 atom stereocenters. The summed E-state index contributed by atoms with van der Waals surface area (Å²) in [5, 5.41) is 1.13. The van der Waals surface area contributed by atoms with Crippen molar-refractivity contribution < 1.29 is 4.21 Å². The summed E-state index contributed by atoms with van der Waals surface area (Å²) in [5.74, 6) is 0. The summed E-state index contributed by atoms with van der Waals surface area (Å²) < 4.78 is 17.8. The standard InChI is InChI=1S/C14H18N2OS/c1-14(2,3)18(17)15-10-11-6-5-7-13-12(11)8-9-16(13)4/h5-10H,1-4H3/b15-10+/t18-/m1/s1. The molecule has 0 saturated carbocycles. The average Bonchev–Trinajstić information content (AvgIpc) is 2.67. The molecule has 18 heavy (non-hydrogen) atoms. The predicted octanol–water partition coefficient (Wildman–Crippen LogP) is 3.06. The van der Waals surface area contributed by atoms with Crippen molar-refractivity contribution in [1.29, 1.82) is 0 Å². The first-order valence-electron chi connectivity index (χ1n) is 5.90. The van der Waals surface area contributed by atoms with E-state index in [0.717, 1.165) is 16.5 Å². The van der Waals surface area contributed by atoms with Gasteiger partial charge in [-0.05, 0) is 32.9 Å². The van der Waals surface area contributed by atoms with Crippen LogP contribution in [-0.2, 0) is 18.0 Å². The molecule has 1 aromatic carbocycles. The predicted molar refractivity (Wildman–Crippen MR) is 78.4 cm³/mol. The van der Waals surface area contributed by atoms with Crippen LogP contribution >= 0.6 is 0 Å². The summed E-state index contributed by atoms with van der Waals surface area (Å²) in [5.41, 5.74) is 2.16. The van der Waals surface area contributed by atoms with Gasteiger partial charge in [-0.2, -0.15) is 4.40 Å². The van der Waals surface area contributed by atoms with Crippen LogP contribution in [0.15, 0.2) is 34.9 Å². The molecule has 1 heterocycles. The zero-order chi connectivity index (χ0) is 13.3. The van der Waals surface area contributed by atoms with Gasteiger partial charge in [-0.1, -0.05) is 12.1 Å². The molecule has 0 bridgehead atoms. The van der Waals surface area contributed by atoms with Crippen LogP contribution in [-0.4, -0.2) is 19.7 Å². The number of fused-ring (bicyclic) bond motifs is 1. The van der Waals surface area contributed by atoms with E-state index in [1.807, 2.05) is 46.1 Å². The molecule has 0 aliphatic heterocycles. The first-order chi connectivity index (χ1) is 8.39. The third kappa shape index (κ3) is 2.53. The van der Waals surface area contributed by atoms with Gasteiger partial charge in [-0.15, -0.1) is 0 Å². The maximum absolute atomic E-state index is 11.9. The Morgan fingerprint density at radius 2 is 2.00 bits per heavy atom. The lowest BCUT2D eigenvalue weighted by Gasteiger charge is -2.12. The quantitative estimate of drug-likeness (QED) is 0.766. The zero-order valence-electron chi connectivity index (χ0n) is 11.2. The molecule has 4 heteroatoms. The molecule has 0 radical (unpaired) electrons. The summed E-state index contributed by atoms with van der Waals surface area (Å²) in [4.78, 5) is 0. The minimum atomic E-state index is -1.21. The first kappa shape index (κ1) is 13.0. The molecule has 3 nitrogen and oxygen atoms in total. The lowest BCUT2D eigenvalue weighted by Crippen LogP contribution is -2.19. The van der Waals surface area contributed by atoms with E-state index in [-0.39, 0.29) is 4.75 Å². The summed E-state index contributed by atoms with van der Waals surface area (Å²) in [6.45, 7) is 5.76. The maximum Gasteiger partial charge on any atom is 0.144 e. The fraction of sp³-hybridized carbons (Fsp3) is 0.357. The van der Waals surface area contributed by atoms with Crippen LogP contribution in [0, 0.1) is 0 Å². The van der Waals surface area contributed by atoms with Gasteiger partial charge in [0.1, 0.15) is 11.0 Å². The topological polar surface area (TPSA) is 34.4 Å². The van der Waals surface area contributed by atoms with Gasteiger partial charge in [-0.25, -0.2) is 4.21 Å². The molecule has 0 spiro atoms. The van der Waals surface area contributed by atoms with Crippen molar-refractivity contribution in [3.05, 3.63) is 36.0 Å². The van der Waals surface area contributed by atoms with E-state index in [1.165, 1.54) is 0 Å². The van der Waals surface area contributed by atoms with Gasteiger partial charge >= 0.3 is 0 Å². The van der Waals surface area contributed by atoms with E-state index in [9.17, 15) is 4.21 Å². The maximum atomic E-state index is 11.9. The molecule has 0 fully saturated rings. The molecule has 0 amide bonds. The fourth-order valence-corrected chi connectivity index (χ4v) is 2.23. The summed E-state index contributed by atoms with van der Waals surface area (Å²) in [6.07, 6.45) is 3.73. The Morgan fingerprint density at radius 3 is 2.67 bits per heavy atom. The monoisotopic (exact) mass is 262 g/mol. The van der Waals surface area contributed by atoms with Gasteiger partial charge < -0.3 is 4.57 Å². The summed E-state index contributed by atoms with van der Waals surface area (Å²) in [6, 6.07) is 8.10. The Labute approximate surface area is 110 Å². The van der Waals surface area contributed by atoms with Crippen LogP contribution in [0.2, 0.25) is 0 Å². The Kier molecular flexibility index (Phi) is 3.39. The van der Waals surface area contributed by atoms with Gasteiger partial charge in [0.15, 0.2) is 0 Å². The number of benzene rings is 1. The van der Waals surface area contributed by atoms with Gasteiger partial charge in [-0.3, -0.25) is 0 Å². The van der Waals surface area contributed by atoms with Crippen LogP contribution in [0.3, 0.4) is 0 Å². The fourth-order valence-electron chi connectivity index (χ4n) is 1.70. The molecule has 96 valence electrons. The van der Waals surface area contributed by atoms with Gasteiger partial charge in [0.2, 0.25) is 0 Å². The third-order valence-corrected chi connectivity index (χ3v) is 4.12. The first-order valence-corrected chi connectivity index (χ1v) is 7.00. The van der Waals surface area contributed by atoms with Crippen LogP contribution in [0.4, 0.5) is 0 Å². The number of rotatable bonds is 2. The molecule has 2 aromatic rings. The Balaban J connectivity index is 2.38. The molecule has 1 aromatic heterocycles.